The van der Waals surface area contributed by atoms with E-state index in [1.165, 1.54) is 14.2 Å². The zero-order valence-corrected chi connectivity index (χ0v) is 12.5. The van der Waals surface area contributed by atoms with Crippen molar-refractivity contribution in [3.8, 4) is 11.5 Å². The van der Waals surface area contributed by atoms with Crippen LogP contribution in [0, 0.1) is 0 Å². The fraction of sp³-hybridized carbons (Fsp3) is 0.467. The molecule has 1 aliphatic heterocycles. The Morgan fingerprint density at radius 3 is 2.36 bits per heavy atom. The number of carbonyl (C=O) groups excluding carboxylic acids is 1. The van der Waals surface area contributed by atoms with Crippen LogP contribution in [0.4, 0.5) is 0 Å². The van der Waals surface area contributed by atoms with Gasteiger partial charge in [-0.1, -0.05) is 0 Å². The van der Waals surface area contributed by atoms with Gasteiger partial charge in [0.15, 0.2) is 0 Å². The normalized spacial score (nSPS) is 20.5. The summed E-state index contributed by atoms with van der Waals surface area (Å²) in [6, 6.07) is 4.80. The lowest BCUT2D eigenvalue weighted by molar-refractivity contribution is -0.138. The number of carbonyl (C=O) groups is 2. The van der Waals surface area contributed by atoms with Gasteiger partial charge in [-0.2, -0.15) is 0 Å². The molecule has 0 aromatic heterocycles. The largest absolute Gasteiger partial charge is 0.497 e. The van der Waals surface area contributed by atoms with Crippen LogP contribution in [-0.4, -0.2) is 50.0 Å². The number of carboxylic acid groups (broad SMARTS) is 1. The highest BCUT2D eigenvalue weighted by atomic mass is 16.5. The maximum atomic E-state index is 12.5. The van der Waals surface area contributed by atoms with E-state index in [0.717, 1.165) is 0 Å². The molecule has 0 spiro atoms. The minimum Gasteiger partial charge on any atom is -0.497 e. The van der Waals surface area contributed by atoms with Crippen molar-refractivity contribution in [2.45, 2.75) is 18.4 Å². The van der Waals surface area contributed by atoms with Crippen LogP contribution in [0.15, 0.2) is 18.2 Å². The number of nitrogens with one attached hydrogen (secondary N) is 1. The molecular weight excluding hydrogens is 290 g/mol. The lowest BCUT2D eigenvalue weighted by Gasteiger charge is -2.27. The molecule has 2 rings (SSSR count). The van der Waals surface area contributed by atoms with Crippen LogP contribution in [-0.2, 0) is 9.53 Å². The molecule has 0 aliphatic carbocycles. The molecule has 0 saturated carbocycles. The van der Waals surface area contributed by atoms with E-state index in [-0.39, 0.29) is 18.9 Å². The Kier molecular flexibility index (Phi) is 4.87. The predicted octanol–water partition coefficient (Wildman–Crippen LogP) is 1.07. The van der Waals surface area contributed by atoms with Gasteiger partial charge in [0.2, 0.25) is 0 Å². The molecular formula is C15H19NO6. The number of methoxy groups -OCH3 is 2. The molecule has 22 heavy (non-hydrogen) atoms. The van der Waals surface area contributed by atoms with Crippen molar-refractivity contribution in [3.05, 3.63) is 23.8 Å². The maximum absolute atomic E-state index is 12.5. The van der Waals surface area contributed by atoms with Gasteiger partial charge in [0.1, 0.15) is 11.5 Å². The van der Waals surface area contributed by atoms with Crippen molar-refractivity contribution in [2.24, 2.45) is 0 Å². The van der Waals surface area contributed by atoms with Crippen molar-refractivity contribution in [2.75, 3.05) is 27.4 Å². The second-order valence-electron chi connectivity index (χ2n) is 5.21. The van der Waals surface area contributed by atoms with Gasteiger partial charge in [-0.15, -0.1) is 0 Å². The Bertz CT molecular complexity index is 543. The van der Waals surface area contributed by atoms with Crippen molar-refractivity contribution < 1.29 is 28.9 Å². The summed E-state index contributed by atoms with van der Waals surface area (Å²) in [4.78, 5) is 23.5. The van der Waals surface area contributed by atoms with Gasteiger partial charge in [0.25, 0.3) is 5.91 Å². The molecule has 7 heteroatoms. The molecule has 120 valence electrons. The number of ether oxygens (including phenoxy) is 3. The van der Waals surface area contributed by atoms with E-state index in [4.69, 9.17) is 19.3 Å². The van der Waals surface area contributed by atoms with Gasteiger partial charge in [-0.05, 0) is 18.6 Å². The van der Waals surface area contributed by atoms with E-state index in [1.54, 1.807) is 18.2 Å². The topological polar surface area (TPSA) is 94.1 Å². The van der Waals surface area contributed by atoms with Gasteiger partial charge in [-0.25, -0.2) is 0 Å². The molecule has 2 N–H and O–H groups in total. The average molecular weight is 309 g/mol. The Morgan fingerprint density at radius 2 is 1.91 bits per heavy atom. The van der Waals surface area contributed by atoms with Gasteiger partial charge in [0, 0.05) is 18.2 Å². The predicted molar refractivity (Wildman–Crippen MR) is 77.4 cm³/mol. The second-order valence-corrected chi connectivity index (χ2v) is 5.21. The number of amides is 1. The molecule has 1 amide bonds. The smallest absolute Gasteiger partial charge is 0.305 e. The third-order valence-electron chi connectivity index (χ3n) is 3.59. The SMILES string of the molecule is COc1cc(OC)cc(C(=O)NC2(CC(=O)O)CCOC2)c1. The fourth-order valence-electron chi connectivity index (χ4n) is 2.43. The summed E-state index contributed by atoms with van der Waals surface area (Å²) in [5.74, 6) is -0.392. The van der Waals surface area contributed by atoms with Crippen LogP contribution in [0.2, 0.25) is 0 Å². The summed E-state index contributed by atoms with van der Waals surface area (Å²) < 4.78 is 15.5. The van der Waals surface area contributed by atoms with Crippen molar-refractivity contribution in [1.82, 2.24) is 5.32 Å². The Morgan fingerprint density at radius 1 is 1.27 bits per heavy atom. The van der Waals surface area contributed by atoms with E-state index in [2.05, 4.69) is 5.32 Å². The first-order chi connectivity index (χ1) is 10.5. The molecule has 1 aromatic rings. The molecule has 1 saturated heterocycles. The number of rotatable bonds is 6. The number of carboxylic acids is 1. The first-order valence-electron chi connectivity index (χ1n) is 6.83. The highest BCUT2D eigenvalue weighted by Gasteiger charge is 2.38. The van der Waals surface area contributed by atoms with Gasteiger partial charge in [-0.3, -0.25) is 9.59 Å². The first kappa shape index (κ1) is 16.1. The van der Waals surface area contributed by atoms with Crippen LogP contribution in [0.5, 0.6) is 11.5 Å². The summed E-state index contributed by atoms with van der Waals surface area (Å²) in [6.45, 7) is 0.612. The van der Waals surface area contributed by atoms with Gasteiger partial charge < -0.3 is 24.6 Å². The van der Waals surface area contributed by atoms with Crippen LogP contribution in [0.1, 0.15) is 23.2 Å². The molecule has 0 bridgehead atoms. The van der Waals surface area contributed by atoms with E-state index in [9.17, 15) is 9.59 Å². The van der Waals surface area contributed by atoms with Crippen LogP contribution in [0.25, 0.3) is 0 Å². The van der Waals surface area contributed by atoms with Crippen LogP contribution < -0.4 is 14.8 Å². The Balaban J connectivity index is 2.21. The minimum atomic E-state index is -0.978. The van der Waals surface area contributed by atoms with Crippen LogP contribution >= 0.6 is 0 Å². The monoisotopic (exact) mass is 309 g/mol. The molecule has 1 aromatic carbocycles. The van der Waals surface area contributed by atoms with Crippen molar-refractivity contribution in [3.63, 3.8) is 0 Å². The average Bonchev–Trinajstić information content (AvgIpc) is 2.93. The number of hydrogen-bond donors (Lipinski definition) is 2. The summed E-state index contributed by atoms with van der Waals surface area (Å²) in [5, 5.41) is 11.8. The number of hydrogen-bond acceptors (Lipinski definition) is 5. The lowest BCUT2D eigenvalue weighted by Crippen LogP contribution is -2.50. The fourth-order valence-corrected chi connectivity index (χ4v) is 2.43. The van der Waals surface area contributed by atoms with Crippen molar-refractivity contribution in [1.29, 1.82) is 0 Å². The van der Waals surface area contributed by atoms with E-state index < -0.39 is 11.5 Å². The van der Waals surface area contributed by atoms with Crippen LogP contribution in [0.3, 0.4) is 0 Å². The highest BCUT2D eigenvalue weighted by Crippen LogP contribution is 2.26. The minimum absolute atomic E-state index is 0.181. The third kappa shape index (κ3) is 3.67. The highest BCUT2D eigenvalue weighted by molar-refractivity contribution is 5.96. The number of benzene rings is 1. The zero-order valence-electron chi connectivity index (χ0n) is 12.5. The van der Waals surface area contributed by atoms with Gasteiger partial charge >= 0.3 is 5.97 Å². The van der Waals surface area contributed by atoms with Gasteiger partial charge in [0.05, 0.1) is 32.8 Å². The van der Waals surface area contributed by atoms with Crippen molar-refractivity contribution >= 4 is 11.9 Å². The quantitative estimate of drug-likeness (QED) is 0.816. The molecule has 7 nitrogen and oxygen atoms in total. The second kappa shape index (κ2) is 6.65. The lowest BCUT2D eigenvalue weighted by atomic mass is 9.93. The summed E-state index contributed by atoms with van der Waals surface area (Å²) >= 11 is 0. The molecule has 0 radical (unpaired) electrons. The molecule has 1 fully saturated rings. The number of aliphatic carboxylic acids is 1. The molecule has 1 heterocycles. The van der Waals surface area contributed by atoms with E-state index in [0.29, 0.717) is 30.1 Å². The Labute approximate surface area is 128 Å². The molecule has 1 atom stereocenters. The molecule has 1 unspecified atom stereocenters. The summed E-state index contributed by atoms with van der Waals surface area (Å²) in [6.07, 6.45) is 0.284. The standard InChI is InChI=1S/C15H19NO6/c1-20-11-5-10(6-12(7-11)21-2)14(19)16-15(8-13(17)18)3-4-22-9-15/h5-7H,3-4,8-9H2,1-2H3,(H,16,19)(H,17,18). The maximum Gasteiger partial charge on any atom is 0.305 e. The van der Waals surface area contributed by atoms with E-state index >= 15 is 0 Å². The molecule has 1 aliphatic rings. The van der Waals surface area contributed by atoms with E-state index in [1.807, 2.05) is 0 Å². The Hall–Kier alpha value is -2.28. The summed E-state index contributed by atoms with van der Waals surface area (Å²) in [5.41, 5.74) is -0.535. The zero-order chi connectivity index (χ0) is 16.2. The first-order valence-corrected chi connectivity index (χ1v) is 6.83. The third-order valence-corrected chi connectivity index (χ3v) is 3.59. The summed E-state index contributed by atoms with van der Waals surface area (Å²) in [7, 11) is 2.99.